The first-order valence-corrected chi connectivity index (χ1v) is 8.88. The fourth-order valence-corrected chi connectivity index (χ4v) is 3.58. The summed E-state index contributed by atoms with van der Waals surface area (Å²) < 4.78 is 0. The lowest BCUT2D eigenvalue weighted by Crippen LogP contribution is -2.00. The molecule has 0 aromatic heterocycles. The smallest absolute Gasteiger partial charge is 0.162 e. The molecule has 3 rings (SSSR count). The van der Waals surface area contributed by atoms with E-state index in [2.05, 4.69) is 64.1 Å². The quantitative estimate of drug-likeness (QED) is 0.595. The second-order valence-corrected chi connectivity index (χ2v) is 7.13. The second kappa shape index (κ2) is 6.76. The topological polar surface area (TPSA) is 17.1 Å². The third-order valence-electron chi connectivity index (χ3n) is 5.16. The summed E-state index contributed by atoms with van der Waals surface area (Å²) in [5.41, 5.74) is 6.07. The van der Waals surface area contributed by atoms with Crippen LogP contribution in [-0.4, -0.2) is 5.78 Å². The maximum absolute atomic E-state index is 12.6. The molecule has 24 heavy (non-hydrogen) atoms. The highest BCUT2D eigenvalue weighted by Gasteiger charge is 2.11. The van der Waals surface area contributed by atoms with Gasteiger partial charge < -0.3 is 0 Å². The number of carbonyl (C=O) groups excluding carboxylic acids is 1. The zero-order valence-corrected chi connectivity index (χ0v) is 15.1. The molecule has 1 nitrogen and oxygen atoms in total. The molecule has 0 spiro atoms. The van der Waals surface area contributed by atoms with E-state index < -0.39 is 0 Å². The Morgan fingerprint density at radius 1 is 1.04 bits per heavy atom. The largest absolute Gasteiger partial charge is 0.294 e. The molecule has 0 heterocycles. The number of aryl methyl sites for hydroxylation is 3. The Bertz CT molecular complexity index is 852. The van der Waals surface area contributed by atoms with Crippen LogP contribution >= 0.6 is 0 Å². The van der Waals surface area contributed by atoms with Gasteiger partial charge in [0.25, 0.3) is 0 Å². The molecule has 0 radical (unpaired) electrons. The van der Waals surface area contributed by atoms with Gasteiger partial charge in [0.15, 0.2) is 5.78 Å². The van der Waals surface area contributed by atoms with Crippen LogP contribution in [0.1, 0.15) is 53.2 Å². The maximum Gasteiger partial charge on any atom is 0.162 e. The van der Waals surface area contributed by atoms with Crippen molar-refractivity contribution in [1.82, 2.24) is 0 Å². The SMILES string of the molecule is Cc1cc(C)c2ccc(C(=O)CCCC3=CC(C)C=C3)cc2c1C. The summed E-state index contributed by atoms with van der Waals surface area (Å²) in [5, 5.41) is 2.47. The lowest BCUT2D eigenvalue weighted by molar-refractivity contribution is 0.0980. The van der Waals surface area contributed by atoms with Crippen molar-refractivity contribution in [3.05, 3.63) is 70.3 Å². The Morgan fingerprint density at radius 3 is 2.54 bits per heavy atom. The van der Waals surface area contributed by atoms with Crippen molar-refractivity contribution in [2.24, 2.45) is 5.92 Å². The number of fused-ring (bicyclic) bond motifs is 1. The lowest BCUT2D eigenvalue weighted by Gasteiger charge is -2.11. The average molecular weight is 318 g/mol. The van der Waals surface area contributed by atoms with E-state index in [1.54, 1.807) is 0 Å². The summed E-state index contributed by atoms with van der Waals surface area (Å²) >= 11 is 0. The van der Waals surface area contributed by atoms with Crippen LogP contribution in [0, 0.1) is 26.7 Å². The molecule has 0 N–H and O–H groups in total. The maximum atomic E-state index is 12.6. The van der Waals surface area contributed by atoms with Crippen LogP contribution in [0.25, 0.3) is 10.8 Å². The Hall–Kier alpha value is -2.15. The van der Waals surface area contributed by atoms with Gasteiger partial charge in [-0.3, -0.25) is 4.79 Å². The van der Waals surface area contributed by atoms with Crippen molar-refractivity contribution in [1.29, 1.82) is 0 Å². The van der Waals surface area contributed by atoms with Gasteiger partial charge in [0, 0.05) is 12.0 Å². The molecular formula is C23H26O. The van der Waals surface area contributed by atoms with E-state index in [1.807, 2.05) is 6.07 Å². The molecule has 0 aliphatic heterocycles. The molecule has 1 atom stereocenters. The van der Waals surface area contributed by atoms with Gasteiger partial charge in [-0.05, 0) is 73.1 Å². The molecular weight excluding hydrogens is 292 g/mol. The van der Waals surface area contributed by atoms with Crippen molar-refractivity contribution < 1.29 is 4.79 Å². The zero-order chi connectivity index (χ0) is 17.3. The Balaban J connectivity index is 1.74. The van der Waals surface area contributed by atoms with E-state index in [0.29, 0.717) is 12.3 Å². The van der Waals surface area contributed by atoms with Gasteiger partial charge >= 0.3 is 0 Å². The Kier molecular flexibility index (Phi) is 4.71. The summed E-state index contributed by atoms with van der Waals surface area (Å²) in [4.78, 5) is 12.6. The second-order valence-electron chi connectivity index (χ2n) is 7.13. The van der Waals surface area contributed by atoms with E-state index in [-0.39, 0.29) is 5.78 Å². The van der Waals surface area contributed by atoms with Crippen LogP contribution in [-0.2, 0) is 0 Å². The monoisotopic (exact) mass is 318 g/mol. The summed E-state index contributed by atoms with van der Waals surface area (Å²) in [6, 6.07) is 8.41. The van der Waals surface area contributed by atoms with Crippen LogP contribution in [0.4, 0.5) is 0 Å². The van der Waals surface area contributed by atoms with Gasteiger partial charge in [-0.15, -0.1) is 0 Å². The first kappa shape index (κ1) is 16.7. The number of ketones is 1. The summed E-state index contributed by atoms with van der Waals surface area (Å²) in [6.07, 6.45) is 9.24. The van der Waals surface area contributed by atoms with E-state index in [9.17, 15) is 4.79 Å². The van der Waals surface area contributed by atoms with Gasteiger partial charge in [-0.1, -0.05) is 48.9 Å². The molecule has 0 amide bonds. The van der Waals surface area contributed by atoms with Crippen molar-refractivity contribution in [3.8, 4) is 0 Å². The van der Waals surface area contributed by atoms with Crippen LogP contribution in [0.5, 0.6) is 0 Å². The summed E-state index contributed by atoms with van der Waals surface area (Å²) in [7, 11) is 0. The molecule has 2 aromatic carbocycles. The minimum absolute atomic E-state index is 0.256. The van der Waals surface area contributed by atoms with Gasteiger partial charge in [0.2, 0.25) is 0 Å². The predicted molar refractivity (Wildman–Crippen MR) is 103 cm³/mol. The average Bonchev–Trinajstić information content (AvgIpc) is 2.97. The molecule has 2 aromatic rings. The number of benzene rings is 2. The minimum atomic E-state index is 0.256. The highest BCUT2D eigenvalue weighted by molar-refractivity contribution is 6.01. The number of carbonyl (C=O) groups is 1. The first-order valence-electron chi connectivity index (χ1n) is 8.88. The van der Waals surface area contributed by atoms with Crippen LogP contribution in [0.15, 0.2) is 48.1 Å². The normalized spacial score (nSPS) is 16.7. The Morgan fingerprint density at radius 2 is 1.83 bits per heavy atom. The fraction of sp³-hybridized carbons (Fsp3) is 0.348. The lowest BCUT2D eigenvalue weighted by atomic mass is 9.93. The zero-order valence-electron chi connectivity index (χ0n) is 15.1. The summed E-state index contributed by atoms with van der Waals surface area (Å²) in [6.45, 7) is 8.61. The van der Waals surface area contributed by atoms with Gasteiger partial charge in [-0.2, -0.15) is 0 Å². The van der Waals surface area contributed by atoms with Crippen molar-refractivity contribution in [2.75, 3.05) is 0 Å². The van der Waals surface area contributed by atoms with E-state index >= 15 is 0 Å². The molecule has 0 saturated carbocycles. The third kappa shape index (κ3) is 3.36. The minimum Gasteiger partial charge on any atom is -0.294 e. The first-order chi connectivity index (χ1) is 11.5. The molecule has 0 saturated heterocycles. The molecule has 1 heteroatoms. The molecule has 1 aliphatic rings. The van der Waals surface area contributed by atoms with Gasteiger partial charge in [0.1, 0.15) is 0 Å². The van der Waals surface area contributed by atoms with E-state index in [1.165, 1.54) is 33.0 Å². The van der Waals surface area contributed by atoms with Crippen molar-refractivity contribution in [2.45, 2.75) is 47.0 Å². The fourth-order valence-electron chi connectivity index (χ4n) is 3.58. The number of hydrogen-bond donors (Lipinski definition) is 0. The van der Waals surface area contributed by atoms with E-state index in [4.69, 9.17) is 0 Å². The van der Waals surface area contributed by atoms with Crippen molar-refractivity contribution in [3.63, 3.8) is 0 Å². The third-order valence-corrected chi connectivity index (χ3v) is 5.16. The standard InChI is InChI=1S/C23H26O/c1-15-8-9-19(12-15)6-5-7-23(24)20-10-11-21-17(3)13-16(2)18(4)22(21)14-20/h8-15H,5-7H2,1-4H3. The summed E-state index contributed by atoms with van der Waals surface area (Å²) in [5.74, 6) is 0.803. The molecule has 0 bridgehead atoms. The molecule has 1 aliphatic carbocycles. The molecule has 124 valence electrons. The van der Waals surface area contributed by atoms with Crippen LogP contribution in [0.2, 0.25) is 0 Å². The van der Waals surface area contributed by atoms with Crippen molar-refractivity contribution >= 4 is 16.6 Å². The number of allylic oxidation sites excluding steroid dienone is 4. The van der Waals surface area contributed by atoms with Crippen LogP contribution in [0.3, 0.4) is 0 Å². The Labute approximate surface area is 145 Å². The highest BCUT2D eigenvalue weighted by atomic mass is 16.1. The number of rotatable bonds is 5. The molecule has 0 fully saturated rings. The molecule has 1 unspecified atom stereocenters. The number of hydrogen-bond acceptors (Lipinski definition) is 1. The van der Waals surface area contributed by atoms with E-state index in [0.717, 1.165) is 18.4 Å². The predicted octanol–water partition coefficient (Wildman–Crippen LogP) is 6.25. The number of Topliss-reactive ketones (excluding diaryl/α,β-unsaturated/α-hetero) is 1. The van der Waals surface area contributed by atoms with Crippen LogP contribution < -0.4 is 0 Å². The van der Waals surface area contributed by atoms with Gasteiger partial charge in [0.05, 0.1) is 0 Å². The highest BCUT2D eigenvalue weighted by Crippen LogP contribution is 2.27. The van der Waals surface area contributed by atoms with Gasteiger partial charge in [-0.25, -0.2) is 0 Å².